The van der Waals surface area contributed by atoms with Crippen LogP contribution in [-0.4, -0.2) is 19.9 Å². The summed E-state index contributed by atoms with van der Waals surface area (Å²) in [5, 5.41) is 14.8. The fourth-order valence-corrected chi connectivity index (χ4v) is 2.55. The van der Waals surface area contributed by atoms with Gasteiger partial charge in [0.25, 0.3) is 0 Å². The van der Waals surface area contributed by atoms with Crippen molar-refractivity contribution in [2.75, 3.05) is 0 Å². The zero-order valence-electron chi connectivity index (χ0n) is 9.76. The van der Waals surface area contributed by atoms with Gasteiger partial charge in [0, 0.05) is 25.5 Å². The number of hydrogen-bond acceptors (Lipinski definition) is 4. The van der Waals surface area contributed by atoms with Gasteiger partial charge in [0.2, 0.25) is 0 Å². The molecule has 1 atom stereocenters. The maximum absolute atomic E-state index is 10.8. The Morgan fingerprint density at radius 1 is 1.59 bits per heavy atom. The van der Waals surface area contributed by atoms with E-state index in [2.05, 4.69) is 10.1 Å². The highest BCUT2D eigenvalue weighted by Crippen LogP contribution is 2.37. The van der Waals surface area contributed by atoms with Gasteiger partial charge in [-0.2, -0.15) is 5.10 Å². The maximum Gasteiger partial charge on any atom is 0.138 e. The van der Waals surface area contributed by atoms with Crippen molar-refractivity contribution in [2.45, 2.75) is 31.3 Å². The standard InChI is InChI=1S/C12H15N3O2/c1-15-11(13-8-14-15)7-12(16)5-2-3-10-9(12)4-6-17-10/h4,6,8,16H,2-3,5,7H2,1H3. The van der Waals surface area contributed by atoms with Gasteiger partial charge in [-0.3, -0.25) is 4.68 Å². The number of aliphatic hydroxyl groups is 1. The van der Waals surface area contributed by atoms with Crippen LogP contribution in [0.15, 0.2) is 23.1 Å². The SMILES string of the molecule is Cn1ncnc1CC1(O)CCCc2occc21. The Labute approximate surface area is 99.1 Å². The molecule has 2 aromatic heterocycles. The number of nitrogens with zero attached hydrogens (tertiary/aromatic N) is 3. The Kier molecular flexibility index (Phi) is 2.29. The molecule has 0 aromatic carbocycles. The zero-order chi connectivity index (χ0) is 11.9. The first-order valence-electron chi connectivity index (χ1n) is 5.81. The minimum Gasteiger partial charge on any atom is -0.469 e. The number of fused-ring (bicyclic) bond motifs is 1. The lowest BCUT2D eigenvalue weighted by atomic mass is 9.80. The van der Waals surface area contributed by atoms with Gasteiger partial charge in [0.15, 0.2) is 0 Å². The van der Waals surface area contributed by atoms with Gasteiger partial charge in [-0.25, -0.2) is 4.98 Å². The van der Waals surface area contributed by atoms with Gasteiger partial charge in [-0.1, -0.05) is 0 Å². The van der Waals surface area contributed by atoms with Crippen molar-refractivity contribution in [3.8, 4) is 0 Å². The smallest absolute Gasteiger partial charge is 0.138 e. The average molecular weight is 233 g/mol. The molecule has 0 aliphatic heterocycles. The highest BCUT2D eigenvalue weighted by Gasteiger charge is 2.37. The Morgan fingerprint density at radius 3 is 3.24 bits per heavy atom. The number of rotatable bonds is 2. The van der Waals surface area contributed by atoms with Gasteiger partial charge in [0.1, 0.15) is 23.5 Å². The lowest BCUT2D eigenvalue weighted by Crippen LogP contribution is -2.33. The molecule has 0 saturated heterocycles. The van der Waals surface area contributed by atoms with Crippen LogP contribution < -0.4 is 0 Å². The molecule has 1 aliphatic rings. The van der Waals surface area contributed by atoms with Gasteiger partial charge < -0.3 is 9.52 Å². The molecule has 5 heteroatoms. The summed E-state index contributed by atoms with van der Waals surface area (Å²) in [6.45, 7) is 0. The Hall–Kier alpha value is -1.62. The molecule has 1 unspecified atom stereocenters. The third-order valence-electron chi connectivity index (χ3n) is 3.50. The van der Waals surface area contributed by atoms with E-state index < -0.39 is 5.60 Å². The molecular weight excluding hydrogens is 218 g/mol. The van der Waals surface area contributed by atoms with Crippen molar-refractivity contribution < 1.29 is 9.52 Å². The second-order valence-corrected chi connectivity index (χ2v) is 4.62. The molecule has 0 amide bonds. The van der Waals surface area contributed by atoms with Crippen molar-refractivity contribution >= 4 is 0 Å². The predicted octanol–water partition coefficient (Wildman–Crippen LogP) is 1.17. The van der Waals surface area contributed by atoms with Gasteiger partial charge in [-0.15, -0.1) is 0 Å². The molecule has 1 aliphatic carbocycles. The van der Waals surface area contributed by atoms with E-state index in [0.717, 1.165) is 36.4 Å². The van der Waals surface area contributed by atoms with Crippen LogP contribution >= 0.6 is 0 Å². The second-order valence-electron chi connectivity index (χ2n) is 4.62. The minimum absolute atomic E-state index is 0.482. The molecule has 0 saturated carbocycles. The van der Waals surface area contributed by atoms with E-state index in [1.165, 1.54) is 6.33 Å². The fourth-order valence-electron chi connectivity index (χ4n) is 2.55. The highest BCUT2D eigenvalue weighted by molar-refractivity contribution is 5.28. The molecule has 0 bridgehead atoms. The first kappa shape index (κ1) is 10.5. The topological polar surface area (TPSA) is 64.1 Å². The summed E-state index contributed by atoms with van der Waals surface area (Å²) in [5.74, 6) is 1.70. The van der Waals surface area contributed by atoms with E-state index >= 15 is 0 Å². The summed E-state index contributed by atoms with van der Waals surface area (Å²) < 4.78 is 7.10. The van der Waals surface area contributed by atoms with E-state index in [4.69, 9.17) is 4.42 Å². The third-order valence-corrected chi connectivity index (χ3v) is 3.50. The van der Waals surface area contributed by atoms with Crippen LogP contribution in [0.5, 0.6) is 0 Å². The van der Waals surface area contributed by atoms with E-state index in [0.29, 0.717) is 6.42 Å². The first-order valence-corrected chi connectivity index (χ1v) is 5.81. The highest BCUT2D eigenvalue weighted by atomic mass is 16.3. The molecule has 5 nitrogen and oxygen atoms in total. The average Bonchev–Trinajstić information content (AvgIpc) is 2.90. The summed E-state index contributed by atoms with van der Waals surface area (Å²) in [6, 6.07) is 1.87. The quantitative estimate of drug-likeness (QED) is 0.845. The number of hydrogen-bond donors (Lipinski definition) is 1. The van der Waals surface area contributed by atoms with E-state index in [1.54, 1.807) is 10.9 Å². The largest absolute Gasteiger partial charge is 0.469 e. The van der Waals surface area contributed by atoms with Crippen LogP contribution in [0.1, 0.15) is 30.0 Å². The second kappa shape index (κ2) is 3.70. The zero-order valence-corrected chi connectivity index (χ0v) is 9.76. The van der Waals surface area contributed by atoms with Crippen molar-refractivity contribution in [1.29, 1.82) is 0 Å². The van der Waals surface area contributed by atoms with Crippen molar-refractivity contribution in [1.82, 2.24) is 14.8 Å². The van der Waals surface area contributed by atoms with Crippen molar-refractivity contribution in [3.05, 3.63) is 35.8 Å². The van der Waals surface area contributed by atoms with Crippen molar-refractivity contribution in [3.63, 3.8) is 0 Å². The molecule has 17 heavy (non-hydrogen) atoms. The first-order chi connectivity index (χ1) is 8.19. The van der Waals surface area contributed by atoms with Crippen LogP contribution in [0, 0.1) is 0 Å². The molecule has 0 radical (unpaired) electrons. The van der Waals surface area contributed by atoms with Crippen LogP contribution in [0.4, 0.5) is 0 Å². The molecule has 90 valence electrons. The summed E-state index contributed by atoms with van der Waals surface area (Å²) in [6.07, 6.45) is 6.23. The number of aromatic nitrogens is 3. The van der Waals surface area contributed by atoms with E-state index in [9.17, 15) is 5.11 Å². The van der Waals surface area contributed by atoms with Crippen LogP contribution in [0.3, 0.4) is 0 Å². The van der Waals surface area contributed by atoms with Gasteiger partial charge >= 0.3 is 0 Å². The Balaban J connectivity index is 1.96. The molecule has 2 heterocycles. The number of aryl methyl sites for hydroxylation is 2. The minimum atomic E-state index is -0.860. The van der Waals surface area contributed by atoms with E-state index in [-0.39, 0.29) is 0 Å². The molecule has 0 fully saturated rings. The lowest BCUT2D eigenvalue weighted by Gasteiger charge is -2.31. The Morgan fingerprint density at radius 2 is 2.47 bits per heavy atom. The predicted molar refractivity (Wildman–Crippen MR) is 60.2 cm³/mol. The molecule has 2 aromatic rings. The number of furan rings is 1. The summed E-state index contributed by atoms with van der Waals surface area (Å²) in [5.41, 5.74) is 0.0493. The van der Waals surface area contributed by atoms with Crippen LogP contribution in [-0.2, 0) is 25.5 Å². The summed E-state index contributed by atoms with van der Waals surface area (Å²) in [4.78, 5) is 4.17. The Bertz CT molecular complexity index is 531. The molecule has 1 N–H and O–H groups in total. The van der Waals surface area contributed by atoms with Gasteiger partial charge in [0.05, 0.1) is 6.26 Å². The lowest BCUT2D eigenvalue weighted by molar-refractivity contribution is 0.0142. The normalized spacial score (nSPS) is 23.6. The summed E-state index contributed by atoms with van der Waals surface area (Å²) in [7, 11) is 1.84. The monoisotopic (exact) mass is 233 g/mol. The molecule has 3 rings (SSSR count). The van der Waals surface area contributed by atoms with Gasteiger partial charge in [-0.05, 0) is 18.9 Å². The fraction of sp³-hybridized carbons (Fsp3) is 0.500. The third kappa shape index (κ3) is 1.67. The molecular formula is C12H15N3O2. The summed E-state index contributed by atoms with van der Waals surface area (Å²) >= 11 is 0. The maximum atomic E-state index is 10.8. The van der Waals surface area contributed by atoms with Crippen LogP contribution in [0.25, 0.3) is 0 Å². The molecule has 0 spiro atoms. The van der Waals surface area contributed by atoms with Crippen molar-refractivity contribution in [2.24, 2.45) is 7.05 Å². The van der Waals surface area contributed by atoms with Crippen LogP contribution in [0.2, 0.25) is 0 Å². The van der Waals surface area contributed by atoms with E-state index in [1.807, 2.05) is 13.1 Å².